The molecule has 1 heterocycles. The van der Waals surface area contributed by atoms with Crippen molar-refractivity contribution in [3.8, 4) is 0 Å². The Hall–Kier alpha value is -2.13. The summed E-state index contributed by atoms with van der Waals surface area (Å²) in [6, 6.07) is 16.0. The van der Waals surface area contributed by atoms with E-state index in [1.54, 1.807) is 0 Å². The molecule has 3 rings (SSSR count). The first kappa shape index (κ1) is 12.9. The van der Waals surface area contributed by atoms with E-state index in [4.69, 9.17) is 0 Å². The molecule has 0 radical (unpaired) electrons. The molecule has 0 amide bonds. The summed E-state index contributed by atoms with van der Waals surface area (Å²) in [6.45, 7) is 2.11. The maximum absolute atomic E-state index is 10.6. The van der Waals surface area contributed by atoms with Crippen LogP contribution in [0.5, 0.6) is 0 Å². The summed E-state index contributed by atoms with van der Waals surface area (Å²) in [5.41, 5.74) is 3.87. The molecule has 0 spiro atoms. The zero-order valence-corrected chi connectivity index (χ0v) is 11.7. The van der Waals surface area contributed by atoms with Crippen LogP contribution in [0.15, 0.2) is 48.5 Å². The van der Waals surface area contributed by atoms with Gasteiger partial charge in [0.05, 0.1) is 5.52 Å². The number of rotatable bonds is 3. The summed E-state index contributed by atoms with van der Waals surface area (Å²) in [5.74, 6) is 0. The third kappa shape index (κ3) is 2.10. The molecule has 0 saturated carbocycles. The maximum Gasteiger partial charge on any atom is 0.123 e. The molecule has 20 heavy (non-hydrogen) atoms. The number of fused-ring (bicyclic) bond motifs is 1. The molecule has 0 saturated heterocycles. The van der Waals surface area contributed by atoms with Crippen molar-refractivity contribution >= 4 is 10.9 Å². The van der Waals surface area contributed by atoms with Gasteiger partial charge in [0.2, 0.25) is 0 Å². The Morgan fingerprint density at radius 2 is 1.95 bits per heavy atom. The highest BCUT2D eigenvalue weighted by Crippen LogP contribution is 2.28. The maximum atomic E-state index is 10.6. The lowest BCUT2D eigenvalue weighted by atomic mass is 10.0. The molecule has 1 aromatic heterocycles. The van der Waals surface area contributed by atoms with Gasteiger partial charge in [0, 0.05) is 12.4 Å². The number of hydrogen-bond donors (Lipinski definition) is 1. The van der Waals surface area contributed by atoms with E-state index < -0.39 is 6.10 Å². The van der Waals surface area contributed by atoms with E-state index in [1.807, 2.05) is 54.2 Å². The summed E-state index contributed by atoms with van der Waals surface area (Å²) in [5, 5.41) is 16.1. The quantitative estimate of drug-likeness (QED) is 0.790. The molecule has 3 nitrogen and oxygen atoms in total. The zero-order valence-electron chi connectivity index (χ0n) is 11.7. The Morgan fingerprint density at radius 3 is 2.75 bits per heavy atom. The van der Waals surface area contributed by atoms with Crippen LogP contribution in [0.2, 0.25) is 0 Å². The van der Waals surface area contributed by atoms with Crippen LogP contribution in [0.4, 0.5) is 0 Å². The Labute approximate surface area is 118 Å². The second-order valence-corrected chi connectivity index (χ2v) is 5.03. The molecule has 0 aliphatic rings. The SMILES string of the molecule is CCc1cccc(C(O)c2nn(C)c3ccccc23)c1. The number of aliphatic hydroxyl groups excluding tert-OH is 1. The fourth-order valence-electron chi connectivity index (χ4n) is 2.58. The molecule has 3 aromatic rings. The van der Waals surface area contributed by atoms with E-state index in [0.717, 1.165) is 28.6 Å². The summed E-state index contributed by atoms with van der Waals surface area (Å²) < 4.78 is 1.82. The van der Waals surface area contributed by atoms with Crippen LogP contribution in [0, 0.1) is 0 Å². The standard InChI is InChI=1S/C17H18N2O/c1-3-12-7-6-8-13(11-12)17(20)16-14-9-4-5-10-15(14)19(2)18-16/h4-11,17,20H,3H2,1-2H3. The summed E-state index contributed by atoms with van der Waals surface area (Å²) in [7, 11) is 1.90. The lowest BCUT2D eigenvalue weighted by molar-refractivity contribution is 0.215. The van der Waals surface area contributed by atoms with Gasteiger partial charge in [0.15, 0.2) is 0 Å². The second kappa shape index (κ2) is 5.10. The van der Waals surface area contributed by atoms with Gasteiger partial charge in [0.25, 0.3) is 0 Å². The number of para-hydroxylation sites is 1. The van der Waals surface area contributed by atoms with Crippen LogP contribution in [0.1, 0.15) is 29.8 Å². The molecule has 3 heteroatoms. The predicted molar refractivity (Wildman–Crippen MR) is 80.6 cm³/mol. The Morgan fingerprint density at radius 1 is 1.15 bits per heavy atom. The molecule has 1 unspecified atom stereocenters. The van der Waals surface area contributed by atoms with Gasteiger partial charge in [-0.1, -0.05) is 49.4 Å². The van der Waals surface area contributed by atoms with Crippen LogP contribution in [0.25, 0.3) is 10.9 Å². The predicted octanol–water partition coefficient (Wildman–Crippen LogP) is 3.22. The normalized spacial score (nSPS) is 12.8. The van der Waals surface area contributed by atoms with Crippen molar-refractivity contribution in [3.05, 3.63) is 65.4 Å². The molecular formula is C17H18N2O. The first-order valence-corrected chi connectivity index (χ1v) is 6.89. The molecule has 102 valence electrons. The van der Waals surface area contributed by atoms with Gasteiger partial charge in [-0.25, -0.2) is 0 Å². The minimum atomic E-state index is -0.687. The van der Waals surface area contributed by atoms with Crippen LogP contribution in [-0.4, -0.2) is 14.9 Å². The van der Waals surface area contributed by atoms with Crippen molar-refractivity contribution in [2.75, 3.05) is 0 Å². The average molecular weight is 266 g/mol. The fourth-order valence-corrected chi connectivity index (χ4v) is 2.58. The number of aliphatic hydroxyl groups is 1. The minimum Gasteiger partial charge on any atom is -0.382 e. The van der Waals surface area contributed by atoms with Crippen molar-refractivity contribution in [1.29, 1.82) is 0 Å². The number of benzene rings is 2. The Balaban J connectivity index is 2.10. The van der Waals surface area contributed by atoms with E-state index in [9.17, 15) is 5.11 Å². The van der Waals surface area contributed by atoms with Crippen molar-refractivity contribution in [1.82, 2.24) is 9.78 Å². The Bertz CT molecular complexity index is 746. The van der Waals surface area contributed by atoms with Crippen molar-refractivity contribution < 1.29 is 5.11 Å². The minimum absolute atomic E-state index is 0.687. The molecule has 2 aromatic carbocycles. The number of hydrogen-bond acceptors (Lipinski definition) is 2. The highest BCUT2D eigenvalue weighted by Gasteiger charge is 2.18. The van der Waals surface area contributed by atoms with Gasteiger partial charge < -0.3 is 5.11 Å². The fraction of sp³-hybridized carbons (Fsp3) is 0.235. The highest BCUT2D eigenvalue weighted by atomic mass is 16.3. The smallest absolute Gasteiger partial charge is 0.123 e. The number of aromatic nitrogens is 2. The van der Waals surface area contributed by atoms with Crippen LogP contribution in [-0.2, 0) is 13.5 Å². The molecule has 1 N–H and O–H groups in total. The lowest BCUT2D eigenvalue weighted by Crippen LogP contribution is -2.02. The van der Waals surface area contributed by atoms with E-state index in [-0.39, 0.29) is 0 Å². The third-order valence-corrected chi connectivity index (χ3v) is 3.72. The molecule has 1 atom stereocenters. The molecule has 0 bridgehead atoms. The highest BCUT2D eigenvalue weighted by molar-refractivity contribution is 5.82. The average Bonchev–Trinajstić information content (AvgIpc) is 2.84. The van der Waals surface area contributed by atoms with Gasteiger partial charge in [-0.2, -0.15) is 5.10 Å². The number of nitrogens with zero attached hydrogens (tertiary/aromatic N) is 2. The summed E-state index contributed by atoms with van der Waals surface area (Å²) in [6.07, 6.45) is 0.274. The second-order valence-electron chi connectivity index (χ2n) is 5.03. The van der Waals surface area contributed by atoms with Crippen molar-refractivity contribution in [3.63, 3.8) is 0 Å². The van der Waals surface area contributed by atoms with Gasteiger partial charge >= 0.3 is 0 Å². The van der Waals surface area contributed by atoms with E-state index in [2.05, 4.69) is 18.1 Å². The first-order chi connectivity index (χ1) is 9.70. The van der Waals surface area contributed by atoms with Gasteiger partial charge in [-0.05, 0) is 23.6 Å². The van der Waals surface area contributed by atoms with Crippen molar-refractivity contribution in [2.24, 2.45) is 7.05 Å². The van der Waals surface area contributed by atoms with Crippen LogP contribution < -0.4 is 0 Å². The number of aryl methyl sites for hydroxylation is 2. The van der Waals surface area contributed by atoms with E-state index in [1.165, 1.54) is 5.56 Å². The lowest BCUT2D eigenvalue weighted by Gasteiger charge is -2.10. The van der Waals surface area contributed by atoms with Crippen LogP contribution >= 0.6 is 0 Å². The largest absolute Gasteiger partial charge is 0.382 e. The summed E-state index contributed by atoms with van der Waals surface area (Å²) >= 11 is 0. The molecular weight excluding hydrogens is 248 g/mol. The topological polar surface area (TPSA) is 38.1 Å². The first-order valence-electron chi connectivity index (χ1n) is 6.89. The van der Waals surface area contributed by atoms with Gasteiger partial charge in [-0.3, -0.25) is 4.68 Å². The summed E-state index contributed by atoms with van der Waals surface area (Å²) in [4.78, 5) is 0. The molecule has 0 aliphatic heterocycles. The van der Waals surface area contributed by atoms with Crippen LogP contribution in [0.3, 0.4) is 0 Å². The van der Waals surface area contributed by atoms with E-state index in [0.29, 0.717) is 0 Å². The third-order valence-electron chi connectivity index (χ3n) is 3.72. The monoisotopic (exact) mass is 266 g/mol. The van der Waals surface area contributed by atoms with Crippen molar-refractivity contribution in [2.45, 2.75) is 19.4 Å². The molecule has 0 aliphatic carbocycles. The van der Waals surface area contributed by atoms with Gasteiger partial charge in [0.1, 0.15) is 11.8 Å². The Kier molecular flexibility index (Phi) is 3.28. The molecule has 0 fully saturated rings. The zero-order chi connectivity index (χ0) is 14.1. The van der Waals surface area contributed by atoms with E-state index >= 15 is 0 Å². The van der Waals surface area contributed by atoms with Gasteiger partial charge in [-0.15, -0.1) is 0 Å².